The average Bonchev–Trinajstić information content (AvgIpc) is 2.74. The lowest BCUT2D eigenvalue weighted by Crippen LogP contribution is -2.38. The quantitative estimate of drug-likeness (QED) is 0.655. The van der Waals surface area contributed by atoms with Crippen LogP contribution in [-0.2, 0) is 4.79 Å². The fourth-order valence-corrected chi connectivity index (χ4v) is 2.68. The third-order valence-electron chi connectivity index (χ3n) is 4.18. The van der Waals surface area contributed by atoms with Gasteiger partial charge >= 0.3 is 0 Å². The Balaban J connectivity index is 1.48. The van der Waals surface area contributed by atoms with Gasteiger partial charge in [0.15, 0.2) is 0 Å². The van der Waals surface area contributed by atoms with Crippen LogP contribution in [-0.4, -0.2) is 18.4 Å². The van der Waals surface area contributed by atoms with E-state index in [9.17, 15) is 9.59 Å². The van der Waals surface area contributed by atoms with E-state index >= 15 is 0 Å². The van der Waals surface area contributed by atoms with Gasteiger partial charge in [0.25, 0.3) is 5.91 Å². The molecule has 5 nitrogen and oxygen atoms in total. The molecule has 5 heteroatoms. The number of benzene rings is 3. The van der Waals surface area contributed by atoms with E-state index in [0.29, 0.717) is 11.3 Å². The van der Waals surface area contributed by atoms with Gasteiger partial charge in [0.05, 0.1) is 12.6 Å². The van der Waals surface area contributed by atoms with E-state index in [2.05, 4.69) is 10.6 Å². The van der Waals surface area contributed by atoms with E-state index in [0.717, 1.165) is 11.3 Å². The predicted molar refractivity (Wildman–Crippen MR) is 108 cm³/mol. The molecule has 0 bridgehead atoms. The number of para-hydroxylation sites is 1. The summed E-state index contributed by atoms with van der Waals surface area (Å²) in [4.78, 5) is 24.3. The van der Waals surface area contributed by atoms with Crippen LogP contribution in [0, 0.1) is 0 Å². The van der Waals surface area contributed by atoms with E-state index < -0.39 is 0 Å². The van der Waals surface area contributed by atoms with Crippen LogP contribution >= 0.6 is 0 Å². The number of ether oxygens (including phenoxy) is 1. The van der Waals surface area contributed by atoms with Crippen molar-refractivity contribution in [2.24, 2.45) is 0 Å². The number of carbonyl (C=O) groups is 2. The lowest BCUT2D eigenvalue weighted by molar-refractivity contribution is -0.120. The summed E-state index contributed by atoms with van der Waals surface area (Å²) in [5.74, 6) is 0.809. The smallest absolute Gasteiger partial charge is 0.251 e. The molecule has 0 spiro atoms. The number of nitrogens with one attached hydrogen (secondary N) is 2. The van der Waals surface area contributed by atoms with Crippen LogP contribution in [0.25, 0.3) is 0 Å². The van der Waals surface area contributed by atoms with Crippen molar-refractivity contribution in [1.82, 2.24) is 10.6 Å². The van der Waals surface area contributed by atoms with Crippen molar-refractivity contribution >= 4 is 11.8 Å². The van der Waals surface area contributed by atoms with Gasteiger partial charge in [-0.15, -0.1) is 0 Å². The molecule has 0 aliphatic heterocycles. The molecule has 3 aromatic carbocycles. The highest BCUT2D eigenvalue weighted by atomic mass is 16.5. The summed E-state index contributed by atoms with van der Waals surface area (Å²) in [6.07, 6.45) is 0. The molecule has 1 atom stereocenters. The molecule has 0 aliphatic rings. The van der Waals surface area contributed by atoms with Gasteiger partial charge in [-0.05, 0) is 48.9 Å². The zero-order valence-electron chi connectivity index (χ0n) is 15.6. The number of amides is 2. The minimum Gasteiger partial charge on any atom is -0.457 e. The lowest BCUT2D eigenvalue weighted by atomic mass is 10.1. The minimum absolute atomic E-state index is 0.0850. The number of rotatable bonds is 7. The summed E-state index contributed by atoms with van der Waals surface area (Å²) in [7, 11) is 0. The zero-order valence-corrected chi connectivity index (χ0v) is 15.6. The van der Waals surface area contributed by atoms with Crippen molar-refractivity contribution in [2.75, 3.05) is 6.54 Å². The van der Waals surface area contributed by atoms with Gasteiger partial charge in [-0.25, -0.2) is 0 Å². The molecule has 28 heavy (non-hydrogen) atoms. The molecule has 0 radical (unpaired) electrons. The summed E-state index contributed by atoms with van der Waals surface area (Å²) in [6, 6.07) is 25.7. The molecule has 2 N–H and O–H groups in total. The molecular formula is C23H22N2O3. The summed E-state index contributed by atoms with van der Waals surface area (Å²) >= 11 is 0. The van der Waals surface area contributed by atoms with E-state index in [1.807, 2.05) is 67.6 Å². The first-order valence-corrected chi connectivity index (χ1v) is 9.07. The Bertz CT molecular complexity index is 910. The molecule has 0 saturated carbocycles. The average molecular weight is 374 g/mol. The molecule has 3 rings (SSSR count). The van der Waals surface area contributed by atoms with Gasteiger partial charge < -0.3 is 15.4 Å². The molecule has 0 saturated heterocycles. The lowest BCUT2D eigenvalue weighted by Gasteiger charge is -2.14. The second kappa shape index (κ2) is 9.37. The normalized spacial score (nSPS) is 11.3. The number of carbonyl (C=O) groups excluding carboxylic acids is 2. The monoisotopic (exact) mass is 374 g/mol. The van der Waals surface area contributed by atoms with E-state index in [4.69, 9.17) is 4.74 Å². The topological polar surface area (TPSA) is 67.4 Å². The number of hydrogen-bond acceptors (Lipinski definition) is 3. The Hall–Kier alpha value is -3.60. The molecule has 3 aromatic rings. The fraction of sp³-hybridized carbons (Fsp3) is 0.130. The molecule has 2 amide bonds. The number of hydrogen-bond donors (Lipinski definition) is 2. The van der Waals surface area contributed by atoms with E-state index in [1.165, 1.54) is 0 Å². The first-order valence-electron chi connectivity index (χ1n) is 9.07. The van der Waals surface area contributed by atoms with E-state index in [-0.39, 0.29) is 24.4 Å². The molecule has 142 valence electrons. The van der Waals surface area contributed by atoms with Crippen molar-refractivity contribution in [1.29, 1.82) is 0 Å². The maximum absolute atomic E-state index is 12.2. The standard InChI is InChI=1S/C23H22N2O3/c1-17(18-8-4-2-5-9-18)25-22(26)16-24-23(27)19-12-14-21(15-13-19)28-20-10-6-3-7-11-20/h2-15,17H,16H2,1H3,(H,24,27)(H,25,26)/t17-/m0/s1. The van der Waals surface area contributed by atoms with Crippen molar-refractivity contribution in [3.63, 3.8) is 0 Å². The van der Waals surface area contributed by atoms with Crippen LogP contribution in [0.5, 0.6) is 11.5 Å². The second-order valence-electron chi connectivity index (χ2n) is 6.32. The van der Waals surface area contributed by atoms with Crippen LogP contribution < -0.4 is 15.4 Å². The SMILES string of the molecule is C[C@H](NC(=O)CNC(=O)c1ccc(Oc2ccccc2)cc1)c1ccccc1. The molecule has 0 aromatic heterocycles. The zero-order chi connectivity index (χ0) is 19.8. The Labute approximate surface area is 164 Å². The third-order valence-corrected chi connectivity index (χ3v) is 4.18. The van der Waals surface area contributed by atoms with Crippen LogP contribution in [0.3, 0.4) is 0 Å². The Morgan fingerprint density at radius 1 is 0.821 bits per heavy atom. The summed E-state index contributed by atoms with van der Waals surface area (Å²) in [6.45, 7) is 1.82. The van der Waals surface area contributed by atoms with Crippen molar-refractivity contribution in [3.8, 4) is 11.5 Å². The molecular weight excluding hydrogens is 352 g/mol. The largest absolute Gasteiger partial charge is 0.457 e. The van der Waals surface area contributed by atoms with Crippen molar-refractivity contribution in [2.45, 2.75) is 13.0 Å². The first-order chi connectivity index (χ1) is 13.6. The van der Waals surface area contributed by atoms with Gasteiger partial charge in [0.2, 0.25) is 5.91 Å². The van der Waals surface area contributed by atoms with Gasteiger partial charge in [-0.2, -0.15) is 0 Å². The van der Waals surface area contributed by atoms with Gasteiger partial charge in [-0.3, -0.25) is 9.59 Å². The Morgan fingerprint density at radius 3 is 2.04 bits per heavy atom. The maximum atomic E-state index is 12.2. The third kappa shape index (κ3) is 5.45. The molecule has 0 heterocycles. The highest BCUT2D eigenvalue weighted by Gasteiger charge is 2.11. The van der Waals surface area contributed by atoms with Crippen LogP contribution in [0.15, 0.2) is 84.9 Å². The summed E-state index contributed by atoms with van der Waals surface area (Å²) in [5, 5.41) is 5.50. The predicted octanol–water partition coefficient (Wildman–Crippen LogP) is 4.09. The van der Waals surface area contributed by atoms with Crippen molar-refractivity contribution < 1.29 is 14.3 Å². The minimum atomic E-state index is -0.311. The second-order valence-corrected chi connectivity index (χ2v) is 6.32. The summed E-state index contributed by atoms with van der Waals surface area (Å²) < 4.78 is 5.70. The highest BCUT2D eigenvalue weighted by Crippen LogP contribution is 2.21. The Morgan fingerprint density at radius 2 is 1.39 bits per heavy atom. The fourth-order valence-electron chi connectivity index (χ4n) is 2.68. The summed E-state index contributed by atoms with van der Waals surface area (Å²) in [5.41, 5.74) is 1.47. The van der Waals surface area contributed by atoms with Crippen LogP contribution in [0.1, 0.15) is 28.9 Å². The first kappa shape index (κ1) is 19.2. The maximum Gasteiger partial charge on any atom is 0.251 e. The molecule has 0 unspecified atom stereocenters. The van der Waals surface area contributed by atoms with Gasteiger partial charge in [0, 0.05) is 5.56 Å². The van der Waals surface area contributed by atoms with Crippen LogP contribution in [0.2, 0.25) is 0 Å². The highest BCUT2D eigenvalue weighted by molar-refractivity contribution is 5.96. The molecule has 0 aliphatic carbocycles. The van der Waals surface area contributed by atoms with E-state index in [1.54, 1.807) is 24.3 Å². The van der Waals surface area contributed by atoms with Crippen LogP contribution in [0.4, 0.5) is 0 Å². The van der Waals surface area contributed by atoms with Crippen molar-refractivity contribution in [3.05, 3.63) is 96.1 Å². The van der Waals surface area contributed by atoms with Gasteiger partial charge in [-0.1, -0.05) is 48.5 Å². The molecule has 0 fully saturated rings. The Kier molecular flexibility index (Phi) is 6.41. The van der Waals surface area contributed by atoms with Gasteiger partial charge in [0.1, 0.15) is 11.5 Å².